The Kier molecular flexibility index (Phi) is 4.53. The fraction of sp³-hybridized carbons (Fsp3) is 0.267. The van der Waals surface area contributed by atoms with Crippen LogP contribution >= 0.6 is 11.6 Å². The summed E-state index contributed by atoms with van der Waals surface area (Å²) in [6.45, 7) is 3.94. The van der Waals surface area contributed by atoms with Crippen LogP contribution in [0.25, 0.3) is 0 Å². The minimum atomic E-state index is -0.446. The van der Waals surface area contributed by atoms with Gasteiger partial charge in [-0.1, -0.05) is 0 Å². The number of halogens is 2. The van der Waals surface area contributed by atoms with Crippen molar-refractivity contribution in [2.24, 2.45) is 0 Å². The molecule has 0 atom stereocenters. The van der Waals surface area contributed by atoms with Crippen molar-refractivity contribution in [1.29, 1.82) is 0 Å². The summed E-state index contributed by atoms with van der Waals surface area (Å²) < 4.78 is 18.9. The van der Waals surface area contributed by atoms with E-state index in [0.29, 0.717) is 11.4 Å². The number of nitrogens with zero attached hydrogens (tertiary/aromatic N) is 1. The van der Waals surface area contributed by atoms with Crippen LogP contribution in [0, 0.1) is 5.82 Å². The van der Waals surface area contributed by atoms with Gasteiger partial charge >= 0.3 is 0 Å². The van der Waals surface area contributed by atoms with Crippen LogP contribution in [0.5, 0.6) is 0 Å². The van der Waals surface area contributed by atoms with Gasteiger partial charge in [-0.2, -0.15) is 0 Å². The van der Waals surface area contributed by atoms with E-state index >= 15 is 0 Å². The lowest BCUT2D eigenvalue weighted by Gasteiger charge is -2.24. The highest BCUT2D eigenvalue weighted by atomic mass is 35.5. The Hall–Kier alpha value is -2.01. The lowest BCUT2D eigenvalue weighted by Crippen LogP contribution is -2.26. The quantitative estimate of drug-likeness (QED) is 0.922. The second-order valence-electron chi connectivity index (χ2n) is 4.93. The maximum atomic E-state index is 14.1. The second kappa shape index (κ2) is 6.18. The number of carbonyl (C=O) groups is 1. The first-order chi connectivity index (χ1) is 9.90. The van der Waals surface area contributed by atoms with Crippen molar-refractivity contribution < 1.29 is 13.6 Å². The minimum Gasteiger partial charge on any atom is -0.452 e. The molecule has 0 unspecified atom stereocenters. The molecule has 112 valence electrons. The van der Waals surface area contributed by atoms with Gasteiger partial charge in [0.25, 0.3) is 5.91 Å². The molecule has 0 bridgehead atoms. The molecule has 1 heterocycles. The van der Waals surface area contributed by atoms with Crippen molar-refractivity contribution >= 4 is 28.9 Å². The maximum absolute atomic E-state index is 14.1. The largest absolute Gasteiger partial charge is 0.452 e. The summed E-state index contributed by atoms with van der Waals surface area (Å²) in [4.78, 5) is 13.8. The van der Waals surface area contributed by atoms with Gasteiger partial charge in [0, 0.05) is 18.8 Å². The van der Waals surface area contributed by atoms with Crippen molar-refractivity contribution in [2.75, 3.05) is 17.3 Å². The molecule has 4 nitrogen and oxygen atoms in total. The Morgan fingerprint density at radius 2 is 2.10 bits per heavy atom. The van der Waals surface area contributed by atoms with Gasteiger partial charge in [-0.05, 0) is 49.7 Å². The average molecular weight is 311 g/mol. The highest BCUT2D eigenvalue weighted by Crippen LogP contribution is 2.24. The number of hydrogen-bond donors (Lipinski definition) is 1. The molecule has 1 N–H and O–H groups in total. The van der Waals surface area contributed by atoms with Crippen molar-refractivity contribution in [3.05, 3.63) is 47.1 Å². The zero-order chi connectivity index (χ0) is 15.6. The molecule has 0 spiro atoms. The van der Waals surface area contributed by atoms with E-state index in [0.717, 1.165) is 0 Å². The molecule has 6 heteroatoms. The number of nitrogens with one attached hydrogen (secondary N) is 1. The molecule has 1 aromatic heterocycles. The van der Waals surface area contributed by atoms with Crippen LogP contribution in [0.4, 0.5) is 15.8 Å². The lowest BCUT2D eigenvalue weighted by molar-refractivity contribution is 0.102. The zero-order valence-electron chi connectivity index (χ0n) is 12.0. The zero-order valence-corrected chi connectivity index (χ0v) is 12.7. The summed E-state index contributed by atoms with van der Waals surface area (Å²) >= 11 is 5.73. The molecule has 0 aliphatic rings. The normalized spacial score (nSPS) is 10.8. The van der Waals surface area contributed by atoms with E-state index in [-0.39, 0.29) is 16.8 Å². The molecule has 21 heavy (non-hydrogen) atoms. The van der Waals surface area contributed by atoms with Gasteiger partial charge in [-0.3, -0.25) is 4.79 Å². The number of anilines is 2. The van der Waals surface area contributed by atoms with E-state index in [1.807, 2.05) is 25.8 Å². The smallest absolute Gasteiger partial charge is 0.260 e. The summed E-state index contributed by atoms with van der Waals surface area (Å²) in [5.41, 5.74) is 1.04. The molecule has 0 aliphatic carbocycles. The highest BCUT2D eigenvalue weighted by molar-refractivity contribution is 6.32. The van der Waals surface area contributed by atoms with Crippen molar-refractivity contribution in [1.82, 2.24) is 0 Å². The van der Waals surface area contributed by atoms with Crippen LogP contribution in [0.15, 0.2) is 34.9 Å². The summed E-state index contributed by atoms with van der Waals surface area (Å²) in [7, 11) is 1.81. The monoisotopic (exact) mass is 310 g/mol. The second-order valence-corrected chi connectivity index (χ2v) is 5.28. The third kappa shape index (κ3) is 3.36. The standard InChI is InChI=1S/C15H16ClFN2O2/c1-9(2)19(3)13-5-4-10(8-12(13)17)18-15(20)11-6-7-21-14(11)16/h4-9H,1-3H3,(H,18,20). The molecule has 0 saturated heterocycles. The van der Waals surface area contributed by atoms with E-state index < -0.39 is 11.7 Å². The molecular weight excluding hydrogens is 295 g/mol. The first-order valence-corrected chi connectivity index (χ1v) is 6.84. The number of hydrogen-bond acceptors (Lipinski definition) is 3. The summed E-state index contributed by atoms with van der Waals surface area (Å²) in [5.74, 6) is -0.847. The van der Waals surface area contributed by atoms with E-state index in [1.54, 1.807) is 12.1 Å². The van der Waals surface area contributed by atoms with Gasteiger partial charge < -0.3 is 14.6 Å². The molecule has 2 rings (SSSR count). The van der Waals surface area contributed by atoms with Crippen molar-refractivity contribution in [3.8, 4) is 0 Å². The molecule has 0 aliphatic heterocycles. The first kappa shape index (κ1) is 15.4. The van der Waals surface area contributed by atoms with Crippen LogP contribution in [-0.2, 0) is 0 Å². The third-order valence-corrected chi connectivity index (χ3v) is 3.52. The number of rotatable bonds is 4. The van der Waals surface area contributed by atoms with Crippen molar-refractivity contribution in [2.45, 2.75) is 19.9 Å². The highest BCUT2D eigenvalue weighted by Gasteiger charge is 2.15. The summed E-state index contributed by atoms with van der Waals surface area (Å²) in [6.07, 6.45) is 1.32. The fourth-order valence-corrected chi connectivity index (χ4v) is 2.00. The van der Waals surface area contributed by atoms with Crippen LogP contribution < -0.4 is 10.2 Å². The van der Waals surface area contributed by atoms with Gasteiger partial charge in [-0.15, -0.1) is 0 Å². The fourth-order valence-electron chi connectivity index (χ4n) is 1.80. The molecule has 0 radical (unpaired) electrons. The number of amides is 1. The van der Waals surface area contributed by atoms with Crippen molar-refractivity contribution in [3.63, 3.8) is 0 Å². The average Bonchev–Trinajstić information content (AvgIpc) is 2.84. The van der Waals surface area contributed by atoms with E-state index in [9.17, 15) is 9.18 Å². The Morgan fingerprint density at radius 1 is 1.38 bits per heavy atom. The maximum Gasteiger partial charge on any atom is 0.260 e. The number of carbonyl (C=O) groups excluding carboxylic acids is 1. The van der Waals surface area contributed by atoms with E-state index in [2.05, 4.69) is 5.32 Å². The third-order valence-electron chi connectivity index (χ3n) is 3.22. The van der Waals surface area contributed by atoms with Gasteiger partial charge in [0.05, 0.1) is 17.5 Å². The summed E-state index contributed by atoms with van der Waals surface area (Å²) in [6, 6.07) is 6.17. The minimum absolute atomic E-state index is 0.00383. The van der Waals surface area contributed by atoms with Gasteiger partial charge in [0.2, 0.25) is 5.22 Å². The predicted octanol–water partition coefficient (Wildman–Crippen LogP) is 4.17. The van der Waals surface area contributed by atoms with Crippen LogP contribution in [0.3, 0.4) is 0 Å². The summed E-state index contributed by atoms with van der Waals surface area (Å²) in [5, 5.41) is 2.58. The molecule has 0 fully saturated rings. The predicted molar refractivity (Wildman–Crippen MR) is 81.6 cm³/mol. The number of furan rings is 1. The molecule has 1 amide bonds. The topological polar surface area (TPSA) is 45.5 Å². The lowest BCUT2D eigenvalue weighted by atomic mass is 10.2. The SMILES string of the molecule is CC(C)N(C)c1ccc(NC(=O)c2ccoc2Cl)cc1F. The molecular formula is C15H16ClFN2O2. The molecule has 0 saturated carbocycles. The Morgan fingerprint density at radius 3 is 2.62 bits per heavy atom. The Labute approximate surface area is 127 Å². The Balaban J connectivity index is 2.18. The van der Waals surface area contributed by atoms with Gasteiger partial charge in [0.1, 0.15) is 5.82 Å². The van der Waals surface area contributed by atoms with Gasteiger partial charge in [-0.25, -0.2) is 4.39 Å². The Bertz CT molecular complexity index is 655. The molecule has 2 aromatic rings. The van der Waals surface area contributed by atoms with Gasteiger partial charge in [0.15, 0.2) is 0 Å². The first-order valence-electron chi connectivity index (χ1n) is 6.47. The van der Waals surface area contributed by atoms with Crippen LogP contribution in [-0.4, -0.2) is 19.0 Å². The number of benzene rings is 1. The van der Waals surface area contributed by atoms with E-state index in [1.165, 1.54) is 18.4 Å². The van der Waals surface area contributed by atoms with E-state index in [4.69, 9.17) is 16.0 Å². The molecule has 1 aromatic carbocycles. The van der Waals surface area contributed by atoms with Crippen LogP contribution in [0.2, 0.25) is 5.22 Å². The van der Waals surface area contributed by atoms with Crippen LogP contribution in [0.1, 0.15) is 24.2 Å².